The summed E-state index contributed by atoms with van der Waals surface area (Å²) < 4.78 is 24.8. The largest absolute Gasteiger partial charge is 0.353 e. The molecule has 0 bridgehead atoms. The molecule has 2 heterocycles. The summed E-state index contributed by atoms with van der Waals surface area (Å²) in [7, 11) is -3.33. The maximum absolute atomic E-state index is 12.6. The topological polar surface area (TPSA) is 82.6 Å². The molecule has 0 unspecified atom stereocenters. The first-order chi connectivity index (χ1) is 12.3. The summed E-state index contributed by atoms with van der Waals surface area (Å²) in [5, 5.41) is 0.594. The van der Waals surface area contributed by atoms with Gasteiger partial charge in [0.25, 0.3) is 5.91 Å². The lowest BCUT2D eigenvalue weighted by Gasteiger charge is -2.35. The van der Waals surface area contributed by atoms with Gasteiger partial charge in [0, 0.05) is 43.6 Å². The molecular formula is C17H19ClN4O3S. The number of rotatable bonds is 4. The molecule has 0 aliphatic carbocycles. The number of carbonyl (C=O) groups excluding carboxylic acids is 1. The van der Waals surface area contributed by atoms with Gasteiger partial charge in [0.05, 0.1) is 11.3 Å². The Morgan fingerprint density at radius 1 is 1.08 bits per heavy atom. The molecule has 1 aromatic heterocycles. The molecule has 1 saturated heterocycles. The lowest BCUT2D eigenvalue weighted by Crippen LogP contribution is -2.49. The Bertz CT molecular complexity index is 877. The Morgan fingerprint density at radius 2 is 1.73 bits per heavy atom. The van der Waals surface area contributed by atoms with Crippen LogP contribution >= 0.6 is 11.6 Å². The van der Waals surface area contributed by atoms with E-state index < -0.39 is 10.0 Å². The zero-order valence-corrected chi connectivity index (χ0v) is 15.8. The molecule has 1 aliphatic rings. The van der Waals surface area contributed by atoms with Crippen LogP contribution < -0.4 is 9.62 Å². The highest BCUT2D eigenvalue weighted by atomic mass is 35.5. The van der Waals surface area contributed by atoms with E-state index in [9.17, 15) is 13.2 Å². The van der Waals surface area contributed by atoms with E-state index in [-0.39, 0.29) is 5.91 Å². The van der Waals surface area contributed by atoms with Gasteiger partial charge in [-0.1, -0.05) is 11.6 Å². The Hall–Kier alpha value is -2.32. The van der Waals surface area contributed by atoms with Crippen LogP contribution in [0.1, 0.15) is 10.4 Å². The summed E-state index contributed by atoms with van der Waals surface area (Å²) in [5.74, 6) is 0.775. The van der Waals surface area contributed by atoms with Gasteiger partial charge in [-0.05, 0) is 36.4 Å². The summed E-state index contributed by atoms with van der Waals surface area (Å²) in [6.07, 6.45) is 2.70. The molecule has 0 atom stereocenters. The van der Waals surface area contributed by atoms with Crippen molar-refractivity contribution in [3.8, 4) is 0 Å². The molecule has 9 heteroatoms. The van der Waals surface area contributed by atoms with Gasteiger partial charge < -0.3 is 9.80 Å². The Labute approximate surface area is 157 Å². The van der Waals surface area contributed by atoms with Crippen LogP contribution in [-0.2, 0) is 10.0 Å². The van der Waals surface area contributed by atoms with Crippen LogP contribution in [0, 0.1) is 0 Å². The van der Waals surface area contributed by atoms with Gasteiger partial charge in [-0.3, -0.25) is 9.52 Å². The molecule has 138 valence electrons. The highest BCUT2D eigenvalue weighted by molar-refractivity contribution is 7.92. The van der Waals surface area contributed by atoms with E-state index >= 15 is 0 Å². The van der Waals surface area contributed by atoms with Crippen molar-refractivity contribution in [2.45, 2.75) is 0 Å². The number of benzene rings is 1. The number of halogens is 1. The number of sulfonamides is 1. The van der Waals surface area contributed by atoms with Gasteiger partial charge in [0.2, 0.25) is 10.0 Å². The fraction of sp³-hybridized carbons (Fsp3) is 0.294. The second kappa shape index (κ2) is 7.51. The average molecular weight is 395 g/mol. The van der Waals surface area contributed by atoms with E-state index in [2.05, 4.69) is 14.6 Å². The van der Waals surface area contributed by atoms with Crippen LogP contribution in [0.15, 0.2) is 42.6 Å². The lowest BCUT2D eigenvalue weighted by atomic mass is 10.1. The lowest BCUT2D eigenvalue weighted by molar-refractivity contribution is 0.0746. The summed E-state index contributed by atoms with van der Waals surface area (Å²) in [4.78, 5) is 20.8. The van der Waals surface area contributed by atoms with Crippen LogP contribution in [-0.4, -0.2) is 56.6 Å². The smallest absolute Gasteiger partial charge is 0.253 e. The first-order valence-corrected chi connectivity index (χ1v) is 10.3. The molecule has 0 saturated carbocycles. The number of nitrogens with zero attached hydrogens (tertiary/aromatic N) is 3. The summed E-state index contributed by atoms with van der Waals surface area (Å²) in [6.45, 7) is 2.56. The van der Waals surface area contributed by atoms with Crippen molar-refractivity contribution in [3.05, 3.63) is 53.2 Å². The van der Waals surface area contributed by atoms with Gasteiger partial charge in [-0.2, -0.15) is 0 Å². The molecule has 0 spiro atoms. The molecule has 1 fully saturated rings. The van der Waals surface area contributed by atoms with Gasteiger partial charge in [-0.15, -0.1) is 0 Å². The first-order valence-electron chi connectivity index (χ1n) is 8.05. The number of hydrogen-bond acceptors (Lipinski definition) is 5. The molecule has 1 aromatic carbocycles. The molecule has 1 N–H and O–H groups in total. The molecule has 1 amide bonds. The van der Waals surface area contributed by atoms with Crippen molar-refractivity contribution < 1.29 is 13.2 Å². The van der Waals surface area contributed by atoms with Gasteiger partial charge in [0.15, 0.2) is 0 Å². The molecule has 3 rings (SSSR count). The maximum Gasteiger partial charge on any atom is 0.253 e. The second-order valence-corrected chi connectivity index (χ2v) is 8.25. The fourth-order valence-electron chi connectivity index (χ4n) is 2.77. The summed E-state index contributed by atoms with van der Waals surface area (Å²) >= 11 is 5.86. The van der Waals surface area contributed by atoms with Crippen molar-refractivity contribution in [2.75, 3.05) is 42.1 Å². The van der Waals surface area contributed by atoms with E-state index in [0.29, 0.717) is 42.5 Å². The summed E-state index contributed by atoms with van der Waals surface area (Å²) in [5.41, 5.74) is 0.963. The van der Waals surface area contributed by atoms with Crippen molar-refractivity contribution in [1.29, 1.82) is 0 Å². The number of anilines is 2. The number of amides is 1. The molecule has 0 radical (unpaired) electrons. The van der Waals surface area contributed by atoms with Crippen LogP contribution in [0.2, 0.25) is 5.02 Å². The molecule has 1 aliphatic heterocycles. The van der Waals surface area contributed by atoms with E-state index in [1.807, 2.05) is 6.07 Å². The highest BCUT2D eigenvalue weighted by Gasteiger charge is 2.22. The minimum atomic E-state index is -3.33. The number of hydrogen-bond donors (Lipinski definition) is 1. The van der Waals surface area contributed by atoms with Crippen molar-refractivity contribution in [1.82, 2.24) is 9.88 Å². The van der Waals surface area contributed by atoms with Crippen LogP contribution in [0.3, 0.4) is 0 Å². The zero-order chi connectivity index (χ0) is 18.7. The minimum Gasteiger partial charge on any atom is -0.353 e. The Morgan fingerprint density at radius 3 is 2.27 bits per heavy atom. The Balaban J connectivity index is 1.60. The van der Waals surface area contributed by atoms with Crippen LogP contribution in [0.4, 0.5) is 11.5 Å². The first kappa shape index (κ1) is 18.5. The normalized spacial score (nSPS) is 15.0. The van der Waals surface area contributed by atoms with Crippen LogP contribution in [0.25, 0.3) is 0 Å². The number of aromatic nitrogens is 1. The molecule has 2 aromatic rings. The number of carbonyl (C=O) groups is 1. The number of piperazine rings is 1. The standard InChI is InChI=1S/C17H19ClN4O3S/c1-26(24,25)20-15-5-2-13(3-6-15)17(23)22-10-8-21(9-11-22)16-7-4-14(18)12-19-16/h2-7,12,20H,8-11H2,1H3. The second-order valence-electron chi connectivity index (χ2n) is 6.07. The maximum atomic E-state index is 12.6. The highest BCUT2D eigenvalue weighted by Crippen LogP contribution is 2.18. The van der Waals surface area contributed by atoms with Crippen molar-refractivity contribution in [2.24, 2.45) is 0 Å². The predicted molar refractivity (Wildman–Crippen MR) is 102 cm³/mol. The monoisotopic (exact) mass is 394 g/mol. The number of pyridine rings is 1. The number of nitrogens with one attached hydrogen (secondary N) is 1. The average Bonchev–Trinajstić information content (AvgIpc) is 2.61. The van der Waals surface area contributed by atoms with Crippen molar-refractivity contribution >= 4 is 39.0 Å². The molecule has 26 heavy (non-hydrogen) atoms. The van der Waals surface area contributed by atoms with E-state index in [1.54, 1.807) is 41.4 Å². The van der Waals surface area contributed by atoms with Crippen LogP contribution in [0.5, 0.6) is 0 Å². The Kier molecular flexibility index (Phi) is 5.33. The van der Waals surface area contributed by atoms with E-state index in [1.165, 1.54) is 0 Å². The third-order valence-corrected chi connectivity index (χ3v) is 4.87. The van der Waals surface area contributed by atoms with Gasteiger partial charge in [0.1, 0.15) is 5.82 Å². The summed E-state index contributed by atoms with van der Waals surface area (Å²) in [6, 6.07) is 10.1. The van der Waals surface area contributed by atoms with E-state index in [4.69, 9.17) is 11.6 Å². The third kappa shape index (κ3) is 4.64. The van der Waals surface area contributed by atoms with Gasteiger partial charge in [-0.25, -0.2) is 13.4 Å². The quantitative estimate of drug-likeness (QED) is 0.858. The fourth-order valence-corrected chi connectivity index (χ4v) is 3.45. The predicted octanol–water partition coefficient (Wildman–Crippen LogP) is 2.07. The molecular weight excluding hydrogens is 376 g/mol. The van der Waals surface area contributed by atoms with E-state index in [0.717, 1.165) is 12.1 Å². The zero-order valence-electron chi connectivity index (χ0n) is 14.2. The van der Waals surface area contributed by atoms with Crippen molar-refractivity contribution in [3.63, 3.8) is 0 Å². The SMILES string of the molecule is CS(=O)(=O)Nc1ccc(C(=O)N2CCN(c3ccc(Cl)cn3)CC2)cc1. The molecule has 7 nitrogen and oxygen atoms in total. The minimum absolute atomic E-state index is 0.0698. The van der Waals surface area contributed by atoms with Gasteiger partial charge >= 0.3 is 0 Å². The third-order valence-electron chi connectivity index (χ3n) is 4.04.